The minimum absolute atomic E-state index is 0. The maximum atomic E-state index is 9.45. The first-order valence-corrected chi connectivity index (χ1v) is 4.66. The molecule has 0 saturated carbocycles. The van der Waals surface area contributed by atoms with Crippen LogP contribution in [0.5, 0.6) is 0 Å². The van der Waals surface area contributed by atoms with Crippen LogP contribution in [-0.4, -0.2) is 66.9 Å². The van der Waals surface area contributed by atoms with Crippen LogP contribution in [0.2, 0.25) is 0 Å². The van der Waals surface area contributed by atoms with E-state index in [9.17, 15) is 14.4 Å². The number of hydrogen-bond acceptors (Lipinski definition) is 6. The van der Waals surface area contributed by atoms with Gasteiger partial charge in [0, 0.05) is 38.6 Å². The van der Waals surface area contributed by atoms with E-state index in [0.29, 0.717) is 0 Å². The Balaban J connectivity index is -0.0000000865. The monoisotopic (exact) mass is 429 g/mol. The topological polar surface area (TPSA) is 173 Å². The van der Waals surface area contributed by atoms with Gasteiger partial charge < -0.3 is 30.6 Å². The van der Waals surface area contributed by atoms with E-state index >= 15 is 0 Å². The van der Waals surface area contributed by atoms with E-state index in [4.69, 9.17) is 30.6 Å². The number of aliphatic carboxylic acids is 3. The molecule has 3 unspecified atom stereocenters. The summed E-state index contributed by atoms with van der Waals surface area (Å²) in [5.74, 6) is -3.56. The van der Waals surface area contributed by atoms with Crippen LogP contribution in [0.15, 0.2) is 0 Å². The zero-order valence-corrected chi connectivity index (χ0v) is 12.6. The van der Waals surface area contributed by atoms with Crippen LogP contribution < -0.4 is 0 Å². The van der Waals surface area contributed by atoms with Gasteiger partial charge in [0.25, 0.3) is 0 Å². The van der Waals surface area contributed by atoms with Gasteiger partial charge in [0.2, 0.25) is 0 Å². The first-order chi connectivity index (χ1) is 7.93. The number of carboxylic acid groups (broad SMARTS) is 3. The van der Waals surface area contributed by atoms with Crippen LogP contribution in [0, 0.1) is 38.6 Å². The van der Waals surface area contributed by atoms with Gasteiger partial charge in [-0.2, -0.15) is 0 Å². The van der Waals surface area contributed by atoms with Crippen molar-refractivity contribution < 1.29 is 83.6 Å². The molecular weight excluding hydrogens is 411 g/mol. The second-order valence-electron chi connectivity index (χ2n) is 3.04. The molecule has 0 aromatic rings. The van der Waals surface area contributed by atoms with Gasteiger partial charge in [0.05, 0.1) is 0 Å². The number of hydrogen-bond donors (Lipinski definition) is 6. The second-order valence-corrected chi connectivity index (χ2v) is 3.04. The van der Waals surface area contributed by atoms with Crippen LogP contribution >= 0.6 is 0 Å². The fraction of sp³-hybridized carbons (Fsp3) is 0.667. The fourth-order valence-electron chi connectivity index (χ4n) is 0. The van der Waals surface area contributed by atoms with Crippen molar-refractivity contribution in [3.63, 3.8) is 0 Å². The van der Waals surface area contributed by atoms with E-state index in [1.807, 2.05) is 0 Å². The van der Waals surface area contributed by atoms with E-state index < -0.39 is 36.2 Å². The molecule has 0 amide bonds. The van der Waals surface area contributed by atoms with E-state index in [-0.39, 0.29) is 38.6 Å². The zero-order chi connectivity index (χ0) is 15.5. The zero-order valence-electron chi connectivity index (χ0n) is 10.5. The molecule has 19 heavy (non-hydrogen) atoms. The van der Waals surface area contributed by atoms with Gasteiger partial charge in [-0.25, -0.2) is 14.4 Å². The molecule has 117 valence electrons. The molecule has 0 rings (SSSR count). The third-order valence-corrected chi connectivity index (χ3v) is 1.07. The van der Waals surface area contributed by atoms with E-state index in [2.05, 4.69) is 0 Å². The molecule has 1 radical (unpaired) electrons. The number of rotatable bonds is 3. The van der Waals surface area contributed by atoms with Crippen molar-refractivity contribution in [1.29, 1.82) is 0 Å². The van der Waals surface area contributed by atoms with Gasteiger partial charge >= 0.3 is 17.9 Å². The Hall–Kier alpha value is -0.424. The Morgan fingerprint density at radius 3 is 0.684 bits per heavy atom. The molecule has 0 aliphatic rings. The quantitative estimate of drug-likeness (QED) is 0.308. The minimum atomic E-state index is -1.23. The van der Waals surface area contributed by atoms with E-state index in [1.54, 1.807) is 0 Å². The summed E-state index contributed by atoms with van der Waals surface area (Å²) in [5, 5.41) is 47.3. The van der Waals surface area contributed by atoms with Gasteiger partial charge in [0.15, 0.2) is 0 Å². The van der Waals surface area contributed by atoms with Crippen LogP contribution in [0.1, 0.15) is 20.8 Å². The first kappa shape index (κ1) is 27.0. The molecule has 10 heteroatoms. The fourth-order valence-corrected chi connectivity index (χ4v) is 0. The molecule has 6 N–H and O–H groups in total. The number of aliphatic hydroxyl groups is 3. The molecule has 9 nitrogen and oxygen atoms in total. The van der Waals surface area contributed by atoms with Crippen LogP contribution in [0.25, 0.3) is 0 Å². The Morgan fingerprint density at radius 2 is 0.684 bits per heavy atom. The van der Waals surface area contributed by atoms with Crippen LogP contribution in [0.3, 0.4) is 0 Å². The molecule has 0 bridgehead atoms. The molecule has 3 atom stereocenters. The molecule has 0 fully saturated rings. The van der Waals surface area contributed by atoms with E-state index in [1.165, 1.54) is 20.8 Å². The van der Waals surface area contributed by atoms with Crippen molar-refractivity contribution in [2.75, 3.05) is 0 Å². The van der Waals surface area contributed by atoms with Gasteiger partial charge in [-0.1, -0.05) is 0 Å². The summed E-state index contributed by atoms with van der Waals surface area (Å²) in [4.78, 5) is 28.3. The molecule has 0 aliphatic carbocycles. The van der Waals surface area contributed by atoms with Crippen molar-refractivity contribution >= 4 is 17.9 Å². The summed E-state index contributed by atoms with van der Waals surface area (Å²) >= 11 is 0. The van der Waals surface area contributed by atoms with Crippen molar-refractivity contribution in [1.82, 2.24) is 0 Å². The molecular formula is C9H18O9Tb. The third-order valence-electron chi connectivity index (χ3n) is 1.07. The second kappa shape index (κ2) is 15.6. The average molecular weight is 429 g/mol. The molecule has 0 aromatic carbocycles. The molecule has 0 saturated heterocycles. The van der Waals surface area contributed by atoms with Crippen LogP contribution in [-0.2, 0) is 14.4 Å². The van der Waals surface area contributed by atoms with Crippen molar-refractivity contribution in [3.05, 3.63) is 0 Å². The van der Waals surface area contributed by atoms with Crippen molar-refractivity contribution in [2.45, 2.75) is 39.1 Å². The predicted octanol–water partition coefficient (Wildman–Crippen LogP) is -1.64. The molecule has 0 aromatic heterocycles. The predicted molar refractivity (Wildman–Crippen MR) is 57.9 cm³/mol. The Labute approximate surface area is 140 Å². The largest absolute Gasteiger partial charge is 0.479 e. The van der Waals surface area contributed by atoms with E-state index in [0.717, 1.165) is 0 Å². The third kappa shape index (κ3) is 31.8. The Morgan fingerprint density at radius 1 is 0.632 bits per heavy atom. The van der Waals surface area contributed by atoms with Gasteiger partial charge in [-0.3, -0.25) is 0 Å². The molecule has 0 heterocycles. The van der Waals surface area contributed by atoms with Crippen LogP contribution in [0.4, 0.5) is 0 Å². The Bertz CT molecular complexity index is 220. The van der Waals surface area contributed by atoms with Gasteiger partial charge in [0.1, 0.15) is 18.3 Å². The minimum Gasteiger partial charge on any atom is -0.479 e. The SMILES string of the molecule is CC(O)C(=O)O.CC(O)C(=O)O.CC(O)C(=O)O.[Tb]. The van der Waals surface area contributed by atoms with Gasteiger partial charge in [-0.05, 0) is 20.8 Å². The smallest absolute Gasteiger partial charge is 0.332 e. The normalized spacial score (nSPS) is 12.9. The summed E-state index contributed by atoms with van der Waals surface area (Å²) in [7, 11) is 0. The average Bonchev–Trinajstić information content (AvgIpc) is 2.18. The summed E-state index contributed by atoms with van der Waals surface area (Å²) in [6.07, 6.45) is -3.69. The summed E-state index contributed by atoms with van der Waals surface area (Å²) in [6.45, 7) is 3.59. The number of carboxylic acids is 3. The van der Waals surface area contributed by atoms with Crippen molar-refractivity contribution in [3.8, 4) is 0 Å². The Kier molecular flexibility index (Phi) is 22.2. The standard InChI is InChI=1S/3C3H6O3.Tb/c3*1-2(4)3(5)6;/h3*2,4H,1H3,(H,5,6);. The molecule has 0 aliphatic heterocycles. The summed E-state index contributed by atoms with van der Waals surface area (Å²) < 4.78 is 0. The summed E-state index contributed by atoms with van der Waals surface area (Å²) in [5.41, 5.74) is 0. The maximum absolute atomic E-state index is 9.45. The first-order valence-electron chi connectivity index (χ1n) is 4.66. The number of carbonyl (C=O) groups is 3. The van der Waals surface area contributed by atoms with Gasteiger partial charge in [-0.15, -0.1) is 0 Å². The van der Waals surface area contributed by atoms with Crippen molar-refractivity contribution in [2.24, 2.45) is 0 Å². The number of aliphatic hydroxyl groups excluding tert-OH is 3. The molecule has 0 spiro atoms. The summed E-state index contributed by atoms with van der Waals surface area (Å²) in [6, 6.07) is 0. The maximum Gasteiger partial charge on any atom is 0.332 e.